The van der Waals surface area contributed by atoms with Crippen LogP contribution in [0.3, 0.4) is 0 Å². The van der Waals surface area contributed by atoms with Gasteiger partial charge in [0.1, 0.15) is 5.76 Å². The van der Waals surface area contributed by atoms with E-state index < -0.39 is 0 Å². The summed E-state index contributed by atoms with van der Waals surface area (Å²) in [6.07, 6.45) is 3.35. The first-order valence-corrected chi connectivity index (χ1v) is 6.09. The maximum Gasteiger partial charge on any atom is 0.321 e. The molecule has 2 heterocycles. The van der Waals surface area contributed by atoms with Gasteiger partial charge in [-0.05, 0) is 32.4 Å². The third-order valence-corrected chi connectivity index (χ3v) is 2.86. The molecule has 1 aromatic heterocycles. The van der Waals surface area contributed by atoms with Gasteiger partial charge in [-0.15, -0.1) is 0 Å². The van der Waals surface area contributed by atoms with Crippen LogP contribution in [-0.2, 0) is 0 Å². The Balaban J connectivity index is 1.80. The third kappa shape index (κ3) is 3.78. The molecule has 0 aromatic carbocycles. The molecule has 5 heteroatoms. The Labute approximate surface area is 101 Å². The molecule has 0 saturated carbocycles. The zero-order chi connectivity index (χ0) is 12.1. The topological polar surface area (TPSA) is 66.3 Å². The normalized spacial score (nSPS) is 20.6. The van der Waals surface area contributed by atoms with Gasteiger partial charge in [-0.25, -0.2) is 4.79 Å². The Bertz CT molecular complexity index is 368. The summed E-state index contributed by atoms with van der Waals surface area (Å²) in [6.45, 7) is 3.72. The molecule has 1 aromatic rings. The van der Waals surface area contributed by atoms with E-state index in [9.17, 15) is 4.79 Å². The molecule has 0 radical (unpaired) electrons. The minimum Gasteiger partial charge on any atom is -0.446 e. The van der Waals surface area contributed by atoms with Crippen molar-refractivity contribution in [3.05, 3.63) is 17.9 Å². The number of amides is 2. The van der Waals surface area contributed by atoms with Gasteiger partial charge in [-0.2, -0.15) is 0 Å². The van der Waals surface area contributed by atoms with Crippen LogP contribution in [0.4, 0.5) is 10.7 Å². The van der Waals surface area contributed by atoms with Crippen LogP contribution in [-0.4, -0.2) is 25.2 Å². The predicted octanol–water partition coefficient (Wildman–Crippen LogP) is 1.85. The number of hydrogen-bond acceptors (Lipinski definition) is 3. The number of furan rings is 1. The predicted molar refractivity (Wildman–Crippen MR) is 66.1 cm³/mol. The molecule has 94 valence electrons. The maximum atomic E-state index is 11.7. The average molecular weight is 237 g/mol. The summed E-state index contributed by atoms with van der Waals surface area (Å²) in [5.74, 6) is 1.28. The number of urea groups is 1. The van der Waals surface area contributed by atoms with Gasteiger partial charge in [-0.3, -0.25) is 5.32 Å². The number of rotatable bonds is 2. The Hall–Kier alpha value is -1.49. The van der Waals surface area contributed by atoms with E-state index in [0.29, 0.717) is 5.88 Å². The van der Waals surface area contributed by atoms with Crippen LogP contribution in [0.25, 0.3) is 0 Å². The van der Waals surface area contributed by atoms with Crippen LogP contribution < -0.4 is 16.0 Å². The molecule has 5 nitrogen and oxygen atoms in total. The molecule has 2 amide bonds. The molecule has 0 bridgehead atoms. The van der Waals surface area contributed by atoms with Crippen LogP contribution >= 0.6 is 0 Å². The van der Waals surface area contributed by atoms with E-state index in [4.69, 9.17) is 4.42 Å². The van der Waals surface area contributed by atoms with E-state index in [2.05, 4.69) is 16.0 Å². The molecule has 1 aliphatic rings. The van der Waals surface area contributed by atoms with E-state index in [1.54, 1.807) is 6.07 Å². The highest BCUT2D eigenvalue weighted by Crippen LogP contribution is 2.11. The molecule has 17 heavy (non-hydrogen) atoms. The SMILES string of the molecule is Cc1ccc(NC(=O)NC2CCCCNC2)o1. The summed E-state index contributed by atoms with van der Waals surface area (Å²) in [6, 6.07) is 3.57. The number of carbonyl (C=O) groups is 1. The molecule has 3 N–H and O–H groups in total. The summed E-state index contributed by atoms with van der Waals surface area (Å²) in [7, 11) is 0. The average Bonchev–Trinajstić information content (AvgIpc) is 2.53. The molecule has 1 atom stereocenters. The summed E-state index contributed by atoms with van der Waals surface area (Å²) in [5.41, 5.74) is 0. The van der Waals surface area contributed by atoms with Crippen molar-refractivity contribution in [2.45, 2.75) is 32.2 Å². The molecule has 1 unspecified atom stereocenters. The van der Waals surface area contributed by atoms with Crippen molar-refractivity contribution in [1.82, 2.24) is 10.6 Å². The largest absolute Gasteiger partial charge is 0.446 e. The third-order valence-electron chi connectivity index (χ3n) is 2.86. The minimum absolute atomic E-state index is 0.201. The second kappa shape index (κ2) is 5.72. The number of carbonyl (C=O) groups excluding carboxylic acids is 1. The summed E-state index contributed by atoms with van der Waals surface area (Å²) in [5, 5.41) is 8.93. The first-order chi connectivity index (χ1) is 8.24. The van der Waals surface area contributed by atoms with Crippen LogP contribution in [0.15, 0.2) is 16.5 Å². The van der Waals surface area contributed by atoms with E-state index >= 15 is 0 Å². The lowest BCUT2D eigenvalue weighted by Gasteiger charge is -2.16. The molecule has 0 aliphatic carbocycles. The highest BCUT2D eigenvalue weighted by molar-refractivity contribution is 5.88. The van der Waals surface area contributed by atoms with Crippen molar-refractivity contribution in [2.75, 3.05) is 18.4 Å². The molecular weight excluding hydrogens is 218 g/mol. The summed E-state index contributed by atoms with van der Waals surface area (Å²) in [4.78, 5) is 11.7. The number of anilines is 1. The standard InChI is InChI=1S/C12H19N3O2/c1-9-5-6-11(17-9)15-12(16)14-10-4-2-3-7-13-8-10/h5-6,10,13H,2-4,7-8H2,1H3,(H2,14,15,16). The van der Waals surface area contributed by atoms with Crippen LogP contribution in [0, 0.1) is 6.92 Å². The van der Waals surface area contributed by atoms with Gasteiger partial charge in [0.05, 0.1) is 0 Å². The van der Waals surface area contributed by atoms with Crippen molar-refractivity contribution >= 4 is 11.9 Å². The van der Waals surface area contributed by atoms with Crippen molar-refractivity contribution in [2.24, 2.45) is 0 Å². The lowest BCUT2D eigenvalue weighted by atomic mass is 10.1. The molecule has 0 spiro atoms. The van der Waals surface area contributed by atoms with Gasteiger partial charge in [0.25, 0.3) is 0 Å². The highest BCUT2D eigenvalue weighted by atomic mass is 16.4. The van der Waals surface area contributed by atoms with Gasteiger partial charge in [-0.1, -0.05) is 6.42 Å². The van der Waals surface area contributed by atoms with Crippen molar-refractivity contribution in [1.29, 1.82) is 0 Å². The Morgan fingerprint density at radius 3 is 3.12 bits per heavy atom. The highest BCUT2D eigenvalue weighted by Gasteiger charge is 2.14. The maximum absolute atomic E-state index is 11.7. The zero-order valence-corrected chi connectivity index (χ0v) is 10.1. The van der Waals surface area contributed by atoms with Gasteiger partial charge in [0, 0.05) is 18.7 Å². The molecular formula is C12H19N3O2. The van der Waals surface area contributed by atoms with E-state index in [1.807, 2.05) is 13.0 Å². The fourth-order valence-electron chi connectivity index (χ4n) is 1.98. The van der Waals surface area contributed by atoms with E-state index in [0.717, 1.165) is 31.7 Å². The fourth-order valence-corrected chi connectivity index (χ4v) is 1.98. The first kappa shape index (κ1) is 12.0. The van der Waals surface area contributed by atoms with Gasteiger partial charge >= 0.3 is 6.03 Å². The fraction of sp³-hybridized carbons (Fsp3) is 0.583. The molecule has 1 saturated heterocycles. The monoisotopic (exact) mass is 237 g/mol. The van der Waals surface area contributed by atoms with Gasteiger partial charge in [0.15, 0.2) is 0 Å². The quantitative estimate of drug-likeness (QED) is 0.735. The van der Waals surface area contributed by atoms with E-state index in [1.165, 1.54) is 6.42 Å². The lowest BCUT2D eigenvalue weighted by Crippen LogP contribution is -2.42. The molecule has 2 rings (SSSR count). The van der Waals surface area contributed by atoms with Gasteiger partial charge < -0.3 is 15.1 Å². The van der Waals surface area contributed by atoms with E-state index in [-0.39, 0.29) is 12.1 Å². The lowest BCUT2D eigenvalue weighted by molar-refractivity contribution is 0.247. The minimum atomic E-state index is -0.201. The second-order valence-corrected chi connectivity index (χ2v) is 4.41. The molecule has 1 fully saturated rings. The number of nitrogens with one attached hydrogen (secondary N) is 3. The summed E-state index contributed by atoms with van der Waals surface area (Å²) < 4.78 is 5.28. The first-order valence-electron chi connectivity index (χ1n) is 6.09. The summed E-state index contributed by atoms with van der Waals surface area (Å²) >= 11 is 0. The van der Waals surface area contributed by atoms with Crippen LogP contribution in [0.5, 0.6) is 0 Å². The Morgan fingerprint density at radius 2 is 2.35 bits per heavy atom. The van der Waals surface area contributed by atoms with Crippen molar-refractivity contribution < 1.29 is 9.21 Å². The Morgan fingerprint density at radius 1 is 1.47 bits per heavy atom. The zero-order valence-electron chi connectivity index (χ0n) is 10.1. The molecule has 1 aliphatic heterocycles. The van der Waals surface area contributed by atoms with Crippen molar-refractivity contribution in [3.63, 3.8) is 0 Å². The van der Waals surface area contributed by atoms with Gasteiger partial charge in [0.2, 0.25) is 5.88 Å². The van der Waals surface area contributed by atoms with Crippen LogP contribution in [0.2, 0.25) is 0 Å². The Kier molecular flexibility index (Phi) is 4.03. The second-order valence-electron chi connectivity index (χ2n) is 4.41. The number of hydrogen-bond donors (Lipinski definition) is 3. The number of aryl methyl sites for hydroxylation is 1. The smallest absolute Gasteiger partial charge is 0.321 e. The van der Waals surface area contributed by atoms with Crippen LogP contribution in [0.1, 0.15) is 25.0 Å². The van der Waals surface area contributed by atoms with Crippen molar-refractivity contribution in [3.8, 4) is 0 Å².